The predicted molar refractivity (Wildman–Crippen MR) is 70.8 cm³/mol. The minimum Gasteiger partial charge on any atom is -0.393 e. The summed E-state index contributed by atoms with van der Waals surface area (Å²) in [4.78, 5) is 11.0. The van der Waals surface area contributed by atoms with Gasteiger partial charge in [-0.15, -0.1) is 0 Å². The summed E-state index contributed by atoms with van der Waals surface area (Å²) in [6.07, 6.45) is 2.30. The Morgan fingerprint density at radius 2 is 2.19 bits per heavy atom. The molecule has 88 valence electrons. The molecule has 4 nitrogen and oxygen atoms in total. The van der Waals surface area contributed by atoms with E-state index in [1.54, 1.807) is 6.33 Å². The van der Waals surface area contributed by atoms with Crippen molar-refractivity contribution in [3.05, 3.63) is 18.1 Å². The second-order valence-corrected chi connectivity index (χ2v) is 4.62. The lowest BCUT2D eigenvalue weighted by Crippen LogP contribution is -2.24. The van der Waals surface area contributed by atoms with E-state index in [0.29, 0.717) is 17.3 Å². The Morgan fingerprint density at radius 1 is 1.50 bits per heavy atom. The number of nitrogens with two attached hydrogens (primary N) is 1. The predicted octanol–water partition coefficient (Wildman–Crippen LogP) is 1.71. The molecule has 0 aliphatic carbocycles. The van der Waals surface area contributed by atoms with Crippen LogP contribution in [0.2, 0.25) is 0 Å². The van der Waals surface area contributed by atoms with Gasteiger partial charge >= 0.3 is 0 Å². The molecule has 5 heteroatoms. The highest BCUT2D eigenvalue weighted by molar-refractivity contribution is 7.80. The van der Waals surface area contributed by atoms with Crippen LogP contribution in [0, 0.1) is 0 Å². The smallest absolute Gasteiger partial charge is 0.131 e. The second kappa shape index (κ2) is 5.75. The van der Waals surface area contributed by atoms with Gasteiger partial charge in [-0.2, -0.15) is 0 Å². The molecule has 0 fully saturated rings. The average molecular weight is 238 g/mol. The topological polar surface area (TPSA) is 55.0 Å². The van der Waals surface area contributed by atoms with Gasteiger partial charge in [0.2, 0.25) is 0 Å². The summed E-state index contributed by atoms with van der Waals surface area (Å²) in [5.74, 6) is 1.32. The Hall–Kier alpha value is -1.23. The molecule has 0 spiro atoms. The summed E-state index contributed by atoms with van der Waals surface area (Å²) in [7, 11) is 1.98. The zero-order valence-electron chi connectivity index (χ0n) is 9.97. The first-order valence-electron chi connectivity index (χ1n) is 5.32. The fourth-order valence-electron chi connectivity index (χ4n) is 1.28. The van der Waals surface area contributed by atoms with Gasteiger partial charge in [-0.1, -0.05) is 26.1 Å². The van der Waals surface area contributed by atoms with Gasteiger partial charge in [0.05, 0.1) is 4.99 Å². The number of hydrogen-bond acceptors (Lipinski definition) is 4. The summed E-state index contributed by atoms with van der Waals surface area (Å²) in [5, 5.41) is 0. The molecular formula is C11H18N4S. The first-order valence-corrected chi connectivity index (χ1v) is 5.73. The Morgan fingerprint density at radius 3 is 2.75 bits per heavy atom. The quantitative estimate of drug-likeness (QED) is 0.791. The minimum atomic E-state index is 0.408. The summed E-state index contributed by atoms with van der Waals surface area (Å²) >= 11 is 4.85. The molecule has 0 bridgehead atoms. The number of anilines is 1. The first kappa shape index (κ1) is 12.8. The lowest BCUT2D eigenvalue weighted by atomic mass is 10.1. The van der Waals surface area contributed by atoms with Crippen molar-refractivity contribution in [1.29, 1.82) is 0 Å². The number of nitrogens with zero attached hydrogens (tertiary/aromatic N) is 3. The lowest BCUT2D eigenvalue weighted by molar-refractivity contribution is 0.803. The van der Waals surface area contributed by atoms with Crippen molar-refractivity contribution < 1.29 is 0 Å². The van der Waals surface area contributed by atoms with Crippen molar-refractivity contribution in [2.45, 2.75) is 26.2 Å². The summed E-state index contributed by atoms with van der Waals surface area (Å²) < 4.78 is 0. The molecule has 1 aromatic heterocycles. The molecule has 16 heavy (non-hydrogen) atoms. The monoisotopic (exact) mass is 238 g/mol. The SMILES string of the molecule is CC(C)c1cc(N(C)CCC(N)=S)ncn1. The van der Waals surface area contributed by atoms with Crippen molar-refractivity contribution in [3.8, 4) is 0 Å². The standard InChI is InChI=1S/C11H18N4S/c1-8(2)9-6-11(14-7-13-9)15(3)5-4-10(12)16/h6-8H,4-5H2,1-3H3,(H2,12,16). The third kappa shape index (κ3) is 3.73. The molecule has 1 rings (SSSR count). The average Bonchev–Trinajstić information content (AvgIpc) is 2.26. The molecule has 1 heterocycles. The zero-order chi connectivity index (χ0) is 12.1. The Kier molecular flexibility index (Phi) is 4.61. The number of hydrogen-bond donors (Lipinski definition) is 1. The molecule has 2 N–H and O–H groups in total. The molecule has 0 saturated heterocycles. The molecule has 0 atom stereocenters. The van der Waals surface area contributed by atoms with Crippen molar-refractivity contribution in [1.82, 2.24) is 9.97 Å². The van der Waals surface area contributed by atoms with Crippen molar-refractivity contribution in [2.24, 2.45) is 5.73 Å². The Balaban J connectivity index is 2.71. The van der Waals surface area contributed by atoms with Crippen molar-refractivity contribution in [3.63, 3.8) is 0 Å². The maximum Gasteiger partial charge on any atom is 0.131 e. The van der Waals surface area contributed by atoms with Crippen LogP contribution in [0.3, 0.4) is 0 Å². The molecule has 0 saturated carbocycles. The molecule has 0 amide bonds. The van der Waals surface area contributed by atoms with Gasteiger partial charge in [-0.3, -0.25) is 0 Å². The van der Waals surface area contributed by atoms with E-state index >= 15 is 0 Å². The van der Waals surface area contributed by atoms with Crippen LogP contribution in [0.5, 0.6) is 0 Å². The van der Waals surface area contributed by atoms with Gasteiger partial charge in [0.1, 0.15) is 12.1 Å². The van der Waals surface area contributed by atoms with Gasteiger partial charge in [0.15, 0.2) is 0 Å². The third-order valence-corrected chi connectivity index (χ3v) is 2.55. The van der Waals surface area contributed by atoms with E-state index in [0.717, 1.165) is 18.1 Å². The highest BCUT2D eigenvalue weighted by atomic mass is 32.1. The number of thiocarbonyl (C=S) groups is 1. The first-order chi connectivity index (χ1) is 7.50. The van der Waals surface area contributed by atoms with Crippen LogP contribution >= 0.6 is 12.2 Å². The molecule has 0 aliphatic heterocycles. The van der Waals surface area contributed by atoms with E-state index < -0.39 is 0 Å². The molecule has 0 unspecified atom stereocenters. The van der Waals surface area contributed by atoms with Crippen LogP contribution in [0.1, 0.15) is 31.9 Å². The highest BCUT2D eigenvalue weighted by Gasteiger charge is 2.06. The van der Waals surface area contributed by atoms with Gasteiger partial charge in [0.25, 0.3) is 0 Å². The largest absolute Gasteiger partial charge is 0.393 e. The van der Waals surface area contributed by atoms with Crippen LogP contribution in [0.25, 0.3) is 0 Å². The van der Waals surface area contributed by atoms with Gasteiger partial charge in [0, 0.05) is 31.8 Å². The molecule has 1 aromatic rings. The van der Waals surface area contributed by atoms with Gasteiger partial charge < -0.3 is 10.6 Å². The molecule has 0 aliphatic rings. The Labute approximate surface area is 102 Å². The van der Waals surface area contributed by atoms with Gasteiger partial charge in [-0.05, 0) is 5.92 Å². The summed E-state index contributed by atoms with van der Waals surface area (Å²) in [5.41, 5.74) is 6.52. The highest BCUT2D eigenvalue weighted by Crippen LogP contribution is 2.15. The second-order valence-electron chi connectivity index (χ2n) is 4.09. The third-order valence-electron chi connectivity index (χ3n) is 2.35. The van der Waals surface area contributed by atoms with Crippen LogP contribution in [-0.4, -0.2) is 28.5 Å². The maximum absolute atomic E-state index is 5.47. The van der Waals surface area contributed by atoms with E-state index in [9.17, 15) is 0 Å². The van der Waals surface area contributed by atoms with Crippen LogP contribution in [-0.2, 0) is 0 Å². The molecule has 0 radical (unpaired) electrons. The van der Waals surface area contributed by atoms with Crippen molar-refractivity contribution in [2.75, 3.05) is 18.5 Å². The van der Waals surface area contributed by atoms with E-state index in [-0.39, 0.29) is 0 Å². The van der Waals surface area contributed by atoms with Crippen LogP contribution in [0.15, 0.2) is 12.4 Å². The van der Waals surface area contributed by atoms with E-state index in [2.05, 4.69) is 23.8 Å². The van der Waals surface area contributed by atoms with Crippen LogP contribution < -0.4 is 10.6 Å². The zero-order valence-corrected chi connectivity index (χ0v) is 10.8. The normalized spacial score (nSPS) is 10.5. The fourth-order valence-corrected chi connectivity index (χ4v) is 1.37. The van der Waals surface area contributed by atoms with Crippen molar-refractivity contribution >= 4 is 23.0 Å². The summed E-state index contributed by atoms with van der Waals surface area (Å²) in [6, 6.07) is 2.00. The molecular weight excluding hydrogens is 220 g/mol. The van der Waals surface area contributed by atoms with Crippen LogP contribution in [0.4, 0.5) is 5.82 Å². The number of aromatic nitrogens is 2. The van der Waals surface area contributed by atoms with Gasteiger partial charge in [-0.25, -0.2) is 9.97 Å². The van der Waals surface area contributed by atoms with E-state index in [1.807, 2.05) is 18.0 Å². The summed E-state index contributed by atoms with van der Waals surface area (Å²) in [6.45, 7) is 5.01. The fraction of sp³-hybridized carbons (Fsp3) is 0.545. The lowest BCUT2D eigenvalue weighted by Gasteiger charge is -2.18. The van der Waals surface area contributed by atoms with E-state index in [4.69, 9.17) is 18.0 Å². The molecule has 0 aromatic carbocycles. The maximum atomic E-state index is 5.47. The number of rotatable bonds is 5. The minimum absolute atomic E-state index is 0.408. The van der Waals surface area contributed by atoms with E-state index in [1.165, 1.54) is 0 Å². The Bertz CT molecular complexity index is 365.